The van der Waals surface area contributed by atoms with Crippen LogP contribution in [0.3, 0.4) is 0 Å². The number of nitrogens with one attached hydrogen (secondary N) is 1. The fraction of sp³-hybridized carbons (Fsp3) is 0.875. The van der Waals surface area contributed by atoms with Crippen LogP contribution in [0.25, 0.3) is 0 Å². The van der Waals surface area contributed by atoms with Crippen LogP contribution in [0.2, 0.25) is 18.1 Å². The van der Waals surface area contributed by atoms with Crippen LogP contribution in [0.5, 0.6) is 0 Å². The summed E-state index contributed by atoms with van der Waals surface area (Å²) in [7, 11) is -2.22. The molecule has 0 aromatic heterocycles. The van der Waals surface area contributed by atoms with Gasteiger partial charge >= 0.3 is 12.1 Å². The Morgan fingerprint density at radius 3 is 2.04 bits per heavy atom. The van der Waals surface area contributed by atoms with Crippen molar-refractivity contribution in [2.45, 2.75) is 83.8 Å². The zero-order chi connectivity index (χ0) is 18.1. The zero-order valence-electron chi connectivity index (χ0n) is 15.7. The summed E-state index contributed by atoms with van der Waals surface area (Å²) in [4.78, 5) is 24.4. The first kappa shape index (κ1) is 20.1. The van der Waals surface area contributed by atoms with E-state index in [1.54, 1.807) is 20.8 Å². The minimum absolute atomic E-state index is 0.0591. The van der Waals surface area contributed by atoms with E-state index >= 15 is 0 Å². The number of carbonyl (C=O) groups is 2. The smallest absolute Gasteiger partial charge is 0.428 e. The quantitative estimate of drug-likeness (QED) is 0.479. The van der Waals surface area contributed by atoms with Gasteiger partial charge in [-0.05, 0) is 51.9 Å². The van der Waals surface area contributed by atoms with Crippen LogP contribution < -0.4 is 5.32 Å². The highest BCUT2D eigenvalue weighted by atomic mass is 28.4. The lowest BCUT2D eigenvalue weighted by Crippen LogP contribution is -2.59. The van der Waals surface area contributed by atoms with Gasteiger partial charge in [-0.3, -0.25) is 5.32 Å². The Morgan fingerprint density at radius 1 is 1.09 bits per heavy atom. The summed E-state index contributed by atoms with van der Waals surface area (Å²) in [5.74, 6) is -0.714. The minimum Gasteiger partial charge on any atom is -0.428 e. The molecule has 1 saturated heterocycles. The molecule has 1 atom stereocenters. The first-order valence-corrected chi connectivity index (χ1v) is 11.0. The highest BCUT2D eigenvalue weighted by molar-refractivity contribution is 6.74. The van der Waals surface area contributed by atoms with Gasteiger partial charge in [0.25, 0.3) is 0 Å². The standard InChI is InChI=1S/C16H31NO5Si/c1-14(2,3)21-13(19)20-12(18)16(10-9-11-17-16)22-23(7,8)15(4,5)6/h17H,9-11H2,1-8H3/t16-/m1/s1. The van der Waals surface area contributed by atoms with E-state index in [-0.39, 0.29) is 5.04 Å². The summed E-state index contributed by atoms with van der Waals surface area (Å²) in [6, 6.07) is 0. The molecule has 0 unspecified atom stereocenters. The average molecular weight is 346 g/mol. The second-order valence-electron chi connectivity index (χ2n) is 8.57. The molecule has 1 N–H and O–H groups in total. The molecule has 23 heavy (non-hydrogen) atoms. The third kappa shape index (κ3) is 5.29. The Morgan fingerprint density at radius 2 is 1.65 bits per heavy atom. The topological polar surface area (TPSA) is 73.9 Å². The molecule has 0 amide bonds. The molecule has 0 radical (unpaired) electrons. The Kier molecular flexibility index (Phi) is 5.71. The Hall–Kier alpha value is -0.923. The lowest BCUT2D eigenvalue weighted by Gasteiger charge is -2.42. The van der Waals surface area contributed by atoms with E-state index in [1.807, 2.05) is 0 Å². The van der Waals surface area contributed by atoms with E-state index in [0.717, 1.165) is 6.42 Å². The largest absolute Gasteiger partial charge is 0.516 e. The van der Waals surface area contributed by atoms with Crippen molar-refractivity contribution in [2.24, 2.45) is 0 Å². The van der Waals surface area contributed by atoms with Gasteiger partial charge in [0, 0.05) is 6.42 Å². The van der Waals surface area contributed by atoms with Gasteiger partial charge in [0.2, 0.25) is 5.72 Å². The van der Waals surface area contributed by atoms with Crippen LogP contribution in [-0.4, -0.2) is 38.3 Å². The van der Waals surface area contributed by atoms with Crippen molar-refractivity contribution in [3.8, 4) is 0 Å². The van der Waals surface area contributed by atoms with E-state index in [2.05, 4.69) is 39.2 Å². The SMILES string of the molecule is CC(C)(C)OC(=O)OC(=O)[C@]1(O[Si](C)(C)C(C)(C)C)CCCN1. The Balaban J connectivity index is 2.89. The lowest BCUT2D eigenvalue weighted by molar-refractivity contribution is -0.162. The zero-order valence-corrected chi connectivity index (χ0v) is 16.7. The predicted octanol–water partition coefficient (Wildman–Crippen LogP) is 3.57. The van der Waals surface area contributed by atoms with Gasteiger partial charge in [0.15, 0.2) is 8.32 Å². The molecule has 0 spiro atoms. The molecule has 134 valence electrons. The number of ether oxygens (including phenoxy) is 2. The molecule has 0 aliphatic carbocycles. The lowest BCUT2D eigenvalue weighted by atomic mass is 10.2. The van der Waals surface area contributed by atoms with Gasteiger partial charge < -0.3 is 13.9 Å². The third-order valence-corrected chi connectivity index (χ3v) is 8.72. The molecular formula is C16H31NO5Si. The van der Waals surface area contributed by atoms with Crippen molar-refractivity contribution in [1.82, 2.24) is 5.32 Å². The van der Waals surface area contributed by atoms with Crippen LogP contribution in [-0.2, 0) is 18.7 Å². The molecule has 1 rings (SSSR count). The van der Waals surface area contributed by atoms with Gasteiger partial charge in [0.1, 0.15) is 5.60 Å². The maximum atomic E-state index is 12.6. The van der Waals surface area contributed by atoms with Gasteiger partial charge in [-0.15, -0.1) is 0 Å². The molecule has 0 bridgehead atoms. The van der Waals surface area contributed by atoms with E-state index in [0.29, 0.717) is 13.0 Å². The van der Waals surface area contributed by atoms with Crippen molar-refractivity contribution < 1.29 is 23.5 Å². The summed E-state index contributed by atoms with van der Waals surface area (Å²) in [5.41, 5.74) is -1.96. The molecule has 1 fully saturated rings. The molecule has 1 aliphatic rings. The van der Waals surface area contributed by atoms with Crippen LogP contribution in [0, 0.1) is 0 Å². The van der Waals surface area contributed by atoms with Crippen molar-refractivity contribution in [3.05, 3.63) is 0 Å². The van der Waals surface area contributed by atoms with Gasteiger partial charge in [-0.1, -0.05) is 20.8 Å². The van der Waals surface area contributed by atoms with Gasteiger partial charge in [0.05, 0.1) is 0 Å². The van der Waals surface area contributed by atoms with Gasteiger partial charge in [-0.25, -0.2) is 9.59 Å². The van der Waals surface area contributed by atoms with Crippen LogP contribution in [0.4, 0.5) is 4.79 Å². The van der Waals surface area contributed by atoms with Crippen molar-refractivity contribution >= 4 is 20.4 Å². The summed E-state index contributed by atoms with van der Waals surface area (Å²) >= 11 is 0. The van der Waals surface area contributed by atoms with Crippen LogP contribution in [0.1, 0.15) is 54.4 Å². The van der Waals surface area contributed by atoms with Gasteiger partial charge in [-0.2, -0.15) is 0 Å². The maximum absolute atomic E-state index is 12.6. The first-order chi connectivity index (χ1) is 10.2. The normalized spacial score (nSPS) is 22.8. The Labute approximate surface area is 140 Å². The van der Waals surface area contributed by atoms with E-state index in [9.17, 15) is 9.59 Å². The fourth-order valence-corrected chi connectivity index (χ4v) is 3.47. The van der Waals surface area contributed by atoms with Crippen molar-refractivity contribution in [3.63, 3.8) is 0 Å². The summed E-state index contributed by atoms with van der Waals surface area (Å²) in [6.45, 7) is 16.2. The van der Waals surface area contributed by atoms with Crippen LogP contribution >= 0.6 is 0 Å². The van der Waals surface area contributed by atoms with E-state index in [1.165, 1.54) is 0 Å². The molecule has 1 aliphatic heterocycles. The van der Waals surface area contributed by atoms with Crippen LogP contribution in [0.15, 0.2) is 0 Å². The molecular weight excluding hydrogens is 314 g/mol. The summed E-state index contributed by atoms with van der Waals surface area (Å²) in [6.07, 6.45) is 0.286. The average Bonchev–Trinajstić information content (AvgIpc) is 2.73. The highest BCUT2D eigenvalue weighted by Gasteiger charge is 2.52. The fourth-order valence-electron chi connectivity index (χ4n) is 2.04. The monoisotopic (exact) mass is 345 g/mol. The molecule has 0 saturated carbocycles. The number of carbonyl (C=O) groups excluding carboxylic acids is 2. The molecule has 7 heteroatoms. The number of hydrogen-bond donors (Lipinski definition) is 1. The molecule has 1 heterocycles. The second kappa shape index (κ2) is 6.53. The van der Waals surface area contributed by atoms with E-state index in [4.69, 9.17) is 13.9 Å². The van der Waals surface area contributed by atoms with E-state index < -0.39 is 31.8 Å². The maximum Gasteiger partial charge on any atom is 0.516 e. The molecule has 0 aromatic carbocycles. The molecule has 6 nitrogen and oxygen atoms in total. The Bertz CT molecular complexity index is 456. The third-order valence-electron chi connectivity index (χ3n) is 4.25. The molecule has 0 aromatic rings. The summed E-state index contributed by atoms with van der Waals surface area (Å²) in [5, 5.41) is 3.04. The minimum atomic E-state index is -2.22. The predicted molar refractivity (Wildman–Crippen MR) is 90.6 cm³/mol. The first-order valence-electron chi connectivity index (χ1n) is 8.09. The number of rotatable bonds is 3. The van der Waals surface area contributed by atoms with Crippen molar-refractivity contribution in [1.29, 1.82) is 0 Å². The van der Waals surface area contributed by atoms with Crippen molar-refractivity contribution in [2.75, 3.05) is 6.54 Å². The highest BCUT2D eigenvalue weighted by Crippen LogP contribution is 2.40. The number of esters is 1. The summed E-state index contributed by atoms with van der Waals surface area (Å²) < 4.78 is 16.3. The second-order valence-corrected chi connectivity index (χ2v) is 13.3. The number of hydrogen-bond acceptors (Lipinski definition) is 6.